The summed E-state index contributed by atoms with van der Waals surface area (Å²) in [4.78, 5) is 16.8. The standard InChI is InChI=1S/C25H21ClN2O3/c1-15(11-25(29)28-24-6-4-5-16(2)27-24)19-12-20-21(17-7-9-18(26)10-8-17)14-31-23(20)13-22(19)30-3/h4-14H,1-3H3,(H,27,28,29)/b15-11+. The van der Waals surface area contributed by atoms with Gasteiger partial charge in [0.15, 0.2) is 0 Å². The second kappa shape index (κ2) is 8.66. The van der Waals surface area contributed by atoms with Crippen molar-refractivity contribution in [3.8, 4) is 16.9 Å². The number of hydrogen-bond donors (Lipinski definition) is 1. The summed E-state index contributed by atoms with van der Waals surface area (Å²) in [7, 11) is 1.59. The van der Waals surface area contributed by atoms with Gasteiger partial charge in [0, 0.05) is 39.4 Å². The number of methoxy groups -OCH3 is 1. The zero-order valence-electron chi connectivity index (χ0n) is 17.4. The zero-order chi connectivity index (χ0) is 22.0. The maximum atomic E-state index is 12.5. The van der Waals surface area contributed by atoms with Crippen molar-refractivity contribution < 1.29 is 13.9 Å². The number of aryl methyl sites for hydroxylation is 1. The molecule has 4 rings (SSSR count). The molecular formula is C25H21ClN2O3. The lowest BCUT2D eigenvalue weighted by Gasteiger charge is -2.10. The number of pyridine rings is 1. The van der Waals surface area contributed by atoms with Crippen LogP contribution in [0.25, 0.3) is 27.7 Å². The summed E-state index contributed by atoms with van der Waals surface area (Å²) in [5.41, 5.74) is 5.03. The first-order chi connectivity index (χ1) is 14.9. The fraction of sp³-hybridized carbons (Fsp3) is 0.120. The lowest BCUT2D eigenvalue weighted by molar-refractivity contribution is -0.111. The van der Waals surface area contributed by atoms with E-state index in [1.54, 1.807) is 19.4 Å². The molecule has 2 aromatic heterocycles. The number of furan rings is 1. The number of allylic oxidation sites excluding steroid dienone is 1. The van der Waals surface area contributed by atoms with E-state index in [2.05, 4.69) is 10.3 Å². The highest BCUT2D eigenvalue weighted by Gasteiger charge is 2.15. The molecule has 2 heterocycles. The van der Waals surface area contributed by atoms with Crippen LogP contribution < -0.4 is 10.1 Å². The number of benzene rings is 2. The molecule has 0 atom stereocenters. The number of ether oxygens (including phenoxy) is 1. The maximum absolute atomic E-state index is 12.5. The number of fused-ring (bicyclic) bond motifs is 1. The summed E-state index contributed by atoms with van der Waals surface area (Å²) in [6.07, 6.45) is 3.25. The Labute approximate surface area is 185 Å². The van der Waals surface area contributed by atoms with E-state index in [0.29, 0.717) is 22.2 Å². The fourth-order valence-electron chi connectivity index (χ4n) is 3.43. The minimum atomic E-state index is -0.261. The normalized spacial score (nSPS) is 11.5. The van der Waals surface area contributed by atoms with Crippen LogP contribution in [-0.2, 0) is 4.79 Å². The minimum Gasteiger partial charge on any atom is -0.496 e. The Kier molecular flexibility index (Phi) is 5.78. The van der Waals surface area contributed by atoms with Gasteiger partial charge in [-0.05, 0) is 55.3 Å². The van der Waals surface area contributed by atoms with Crippen LogP contribution >= 0.6 is 11.6 Å². The smallest absolute Gasteiger partial charge is 0.249 e. The van der Waals surface area contributed by atoms with Gasteiger partial charge in [0.1, 0.15) is 17.2 Å². The summed E-state index contributed by atoms with van der Waals surface area (Å²) >= 11 is 6.02. The number of amides is 1. The van der Waals surface area contributed by atoms with Gasteiger partial charge in [0.25, 0.3) is 0 Å². The van der Waals surface area contributed by atoms with E-state index in [1.807, 2.05) is 62.4 Å². The van der Waals surface area contributed by atoms with Crippen molar-refractivity contribution in [2.75, 3.05) is 12.4 Å². The SMILES string of the molecule is COc1cc2occ(-c3ccc(Cl)cc3)c2cc1/C(C)=C/C(=O)Nc1cccc(C)n1. The predicted molar refractivity (Wildman–Crippen MR) is 124 cm³/mol. The molecular weight excluding hydrogens is 412 g/mol. The minimum absolute atomic E-state index is 0.261. The molecule has 0 aliphatic heterocycles. The van der Waals surface area contributed by atoms with Crippen molar-refractivity contribution in [2.45, 2.75) is 13.8 Å². The molecule has 0 aliphatic rings. The number of nitrogens with one attached hydrogen (secondary N) is 1. The quantitative estimate of drug-likeness (QED) is 0.365. The number of aromatic nitrogens is 1. The maximum Gasteiger partial charge on any atom is 0.249 e. The number of nitrogens with zero attached hydrogens (tertiary/aromatic N) is 1. The number of halogens is 1. The summed E-state index contributed by atoms with van der Waals surface area (Å²) in [6, 6.07) is 16.9. The Bertz CT molecular complexity index is 1290. The van der Waals surface area contributed by atoms with Gasteiger partial charge in [-0.2, -0.15) is 0 Å². The monoisotopic (exact) mass is 432 g/mol. The van der Waals surface area contributed by atoms with Crippen LogP contribution in [0.3, 0.4) is 0 Å². The van der Waals surface area contributed by atoms with Crippen LogP contribution in [0.1, 0.15) is 18.2 Å². The largest absolute Gasteiger partial charge is 0.496 e. The third-order valence-corrected chi connectivity index (χ3v) is 5.21. The van der Waals surface area contributed by atoms with Gasteiger partial charge in [-0.3, -0.25) is 4.79 Å². The van der Waals surface area contributed by atoms with Crippen molar-refractivity contribution in [2.24, 2.45) is 0 Å². The molecule has 31 heavy (non-hydrogen) atoms. The van der Waals surface area contributed by atoms with Gasteiger partial charge in [-0.1, -0.05) is 29.8 Å². The number of hydrogen-bond acceptors (Lipinski definition) is 4. The van der Waals surface area contributed by atoms with Crippen molar-refractivity contribution in [1.29, 1.82) is 0 Å². The highest BCUT2D eigenvalue weighted by Crippen LogP contribution is 2.37. The lowest BCUT2D eigenvalue weighted by Crippen LogP contribution is -2.10. The second-order valence-corrected chi connectivity index (χ2v) is 7.62. The first-order valence-corrected chi connectivity index (χ1v) is 10.1. The highest BCUT2D eigenvalue weighted by atomic mass is 35.5. The van der Waals surface area contributed by atoms with Crippen molar-refractivity contribution in [3.63, 3.8) is 0 Å². The number of carbonyl (C=O) groups excluding carboxylic acids is 1. The van der Waals surface area contributed by atoms with Crippen LogP contribution in [0.5, 0.6) is 5.75 Å². The van der Waals surface area contributed by atoms with Crippen molar-refractivity contribution >= 4 is 39.9 Å². The first kappa shape index (κ1) is 20.7. The van der Waals surface area contributed by atoms with Crippen LogP contribution in [0.15, 0.2) is 71.4 Å². The van der Waals surface area contributed by atoms with Crippen molar-refractivity contribution in [3.05, 3.63) is 83.2 Å². The summed E-state index contributed by atoms with van der Waals surface area (Å²) in [6.45, 7) is 3.75. The Morgan fingerprint density at radius 1 is 1.16 bits per heavy atom. The van der Waals surface area contributed by atoms with Gasteiger partial charge in [-0.15, -0.1) is 0 Å². The Balaban J connectivity index is 1.71. The molecule has 156 valence electrons. The first-order valence-electron chi connectivity index (χ1n) is 9.73. The van der Waals surface area contributed by atoms with E-state index in [9.17, 15) is 4.79 Å². The lowest BCUT2D eigenvalue weighted by atomic mass is 9.99. The molecule has 5 nitrogen and oxygen atoms in total. The molecule has 0 bridgehead atoms. The summed E-state index contributed by atoms with van der Waals surface area (Å²) in [5.74, 6) is 0.874. The molecule has 0 saturated carbocycles. The van der Waals surface area contributed by atoms with Crippen LogP contribution in [-0.4, -0.2) is 18.0 Å². The van der Waals surface area contributed by atoms with Gasteiger partial charge < -0.3 is 14.5 Å². The van der Waals surface area contributed by atoms with Crippen molar-refractivity contribution in [1.82, 2.24) is 4.98 Å². The highest BCUT2D eigenvalue weighted by molar-refractivity contribution is 6.30. The molecule has 0 radical (unpaired) electrons. The van der Waals surface area contributed by atoms with Crippen LogP contribution in [0.4, 0.5) is 5.82 Å². The summed E-state index contributed by atoms with van der Waals surface area (Å²) in [5, 5.41) is 4.39. The van der Waals surface area contributed by atoms with E-state index < -0.39 is 0 Å². The third-order valence-electron chi connectivity index (χ3n) is 4.96. The molecule has 6 heteroatoms. The number of rotatable bonds is 5. The van der Waals surface area contributed by atoms with Gasteiger partial charge in [0.2, 0.25) is 5.91 Å². The van der Waals surface area contributed by atoms with Gasteiger partial charge in [-0.25, -0.2) is 4.98 Å². The predicted octanol–water partition coefficient (Wildman–Crippen LogP) is 6.51. The van der Waals surface area contributed by atoms with Gasteiger partial charge >= 0.3 is 0 Å². The Hall–Kier alpha value is -3.57. The van der Waals surface area contributed by atoms with E-state index in [1.165, 1.54) is 6.08 Å². The third kappa shape index (κ3) is 4.47. The molecule has 0 unspecified atom stereocenters. The van der Waals surface area contributed by atoms with E-state index in [-0.39, 0.29) is 5.91 Å². The molecule has 0 fully saturated rings. The molecule has 0 aliphatic carbocycles. The molecule has 4 aromatic rings. The molecule has 2 aromatic carbocycles. The van der Waals surface area contributed by atoms with E-state index in [0.717, 1.165) is 33.3 Å². The molecule has 0 saturated heterocycles. The molecule has 0 spiro atoms. The average Bonchev–Trinajstić information content (AvgIpc) is 3.16. The topological polar surface area (TPSA) is 64.4 Å². The Morgan fingerprint density at radius 2 is 1.94 bits per heavy atom. The number of carbonyl (C=O) groups is 1. The van der Waals surface area contributed by atoms with Crippen LogP contribution in [0.2, 0.25) is 5.02 Å². The van der Waals surface area contributed by atoms with E-state index in [4.69, 9.17) is 20.8 Å². The summed E-state index contributed by atoms with van der Waals surface area (Å²) < 4.78 is 11.3. The van der Waals surface area contributed by atoms with E-state index >= 15 is 0 Å². The molecule has 1 N–H and O–H groups in total. The average molecular weight is 433 g/mol. The van der Waals surface area contributed by atoms with Gasteiger partial charge in [0.05, 0.1) is 13.4 Å². The Morgan fingerprint density at radius 3 is 2.65 bits per heavy atom. The van der Waals surface area contributed by atoms with Crippen LogP contribution in [0, 0.1) is 6.92 Å². The second-order valence-electron chi connectivity index (χ2n) is 7.19. The molecule has 1 amide bonds. The zero-order valence-corrected chi connectivity index (χ0v) is 18.2. The number of anilines is 1. The fourth-order valence-corrected chi connectivity index (χ4v) is 3.56.